The summed E-state index contributed by atoms with van der Waals surface area (Å²) in [5, 5.41) is 11.2. The zero-order chi connectivity index (χ0) is 12.4. The molecule has 0 amide bonds. The molecule has 1 unspecified atom stereocenters. The third-order valence-electron chi connectivity index (χ3n) is 4.17. The molecule has 0 fully saturated rings. The summed E-state index contributed by atoms with van der Waals surface area (Å²) in [5.74, 6) is 0. The van der Waals surface area contributed by atoms with Gasteiger partial charge in [0.2, 0.25) is 0 Å². The fraction of sp³-hybridized carbons (Fsp3) is 0.333. The van der Waals surface area contributed by atoms with Crippen LogP contribution in [0.2, 0.25) is 18.1 Å². The Hall–Kier alpha value is -1.12. The van der Waals surface area contributed by atoms with Crippen LogP contribution >= 0.6 is 0 Å². The number of hydrogen-bond acceptors (Lipinski definition) is 1. The quantitative estimate of drug-likeness (QED) is 0.811. The molecule has 1 aromatic rings. The lowest BCUT2D eigenvalue weighted by Crippen LogP contribution is -2.54. The Morgan fingerprint density at radius 3 is 2.41 bits per heavy atom. The first-order chi connectivity index (χ1) is 8.12. The van der Waals surface area contributed by atoms with E-state index in [4.69, 9.17) is 0 Å². The standard InChI is InChI=1S/C15H20OSi/c1-17(2,14-9-5-3-6-10-14)15(13-16)11-7-4-8-12-15/h3-11,16H,12-13H2,1-2H3. The average Bonchev–Trinajstić information content (AvgIpc) is 2.40. The van der Waals surface area contributed by atoms with E-state index in [0.29, 0.717) is 0 Å². The number of aliphatic hydroxyl groups is 1. The number of benzene rings is 1. The second-order valence-corrected chi connectivity index (χ2v) is 10.1. The largest absolute Gasteiger partial charge is 0.396 e. The lowest BCUT2D eigenvalue weighted by Gasteiger charge is -2.43. The molecule has 0 bridgehead atoms. The van der Waals surface area contributed by atoms with Crippen molar-refractivity contribution in [2.45, 2.75) is 24.6 Å². The van der Waals surface area contributed by atoms with E-state index in [1.165, 1.54) is 5.19 Å². The molecule has 0 aromatic heterocycles. The van der Waals surface area contributed by atoms with Crippen molar-refractivity contribution in [3.05, 3.63) is 54.6 Å². The highest BCUT2D eigenvalue weighted by Gasteiger charge is 2.45. The van der Waals surface area contributed by atoms with E-state index in [2.05, 4.69) is 67.7 Å². The van der Waals surface area contributed by atoms with E-state index in [0.717, 1.165) is 6.42 Å². The molecule has 90 valence electrons. The first-order valence-electron chi connectivity index (χ1n) is 6.13. The molecule has 17 heavy (non-hydrogen) atoms. The highest BCUT2D eigenvalue weighted by Crippen LogP contribution is 2.44. The van der Waals surface area contributed by atoms with Gasteiger partial charge >= 0.3 is 0 Å². The Kier molecular flexibility index (Phi) is 3.36. The van der Waals surface area contributed by atoms with Gasteiger partial charge in [-0.2, -0.15) is 0 Å². The first kappa shape index (κ1) is 12.3. The van der Waals surface area contributed by atoms with Crippen molar-refractivity contribution in [3.8, 4) is 0 Å². The van der Waals surface area contributed by atoms with Gasteiger partial charge in [-0.3, -0.25) is 0 Å². The van der Waals surface area contributed by atoms with Crippen molar-refractivity contribution in [1.82, 2.24) is 0 Å². The van der Waals surface area contributed by atoms with Crippen molar-refractivity contribution in [2.75, 3.05) is 6.61 Å². The van der Waals surface area contributed by atoms with Crippen LogP contribution in [0.5, 0.6) is 0 Å². The zero-order valence-corrected chi connectivity index (χ0v) is 11.6. The highest BCUT2D eigenvalue weighted by atomic mass is 28.3. The van der Waals surface area contributed by atoms with Crippen LogP contribution in [0.15, 0.2) is 54.6 Å². The Morgan fingerprint density at radius 1 is 1.18 bits per heavy atom. The molecule has 2 heteroatoms. The molecule has 0 saturated carbocycles. The van der Waals surface area contributed by atoms with Crippen molar-refractivity contribution in [2.24, 2.45) is 0 Å². The number of rotatable bonds is 3. The van der Waals surface area contributed by atoms with E-state index in [-0.39, 0.29) is 11.6 Å². The lowest BCUT2D eigenvalue weighted by atomic mass is 10.0. The Labute approximate surface area is 105 Å². The summed E-state index contributed by atoms with van der Waals surface area (Å²) < 4.78 is 0. The molecule has 0 radical (unpaired) electrons. The van der Waals surface area contributed by atoms with Gasteiger partial charge in [0.15, 0.2) is 0 Å². The molecule has 0 spiro atoms. The minimum atomic E-state index is -1.72. The van der Waals surface area contributed by atoms with Crippen molar-refractivity contribution < 1.29 is 5.11 Å². The smallest absolute Gasteiger partial charge is 0.0936 e. The zero-order valence-electron chi connectivity index (χ0n) is 10.6. The van der Waals surface area contributed by atoms with Gasteiger partial charge in [-0.15, -0.1) is 0 Å². The Morgan fingerprint density at radius 2 is 1.88 bits per heavy atom. The van der Waals surface area contributed by atoms with Gasteiger partial charge in [-0.25, -0.2) is 0 Å². The summed E-state index contributed by atoms with van der Waals surface area (Å²) in [7, 11) is -1.72. The molecule has 1 aliphatic carbocycles. The topological polar surface area (TPSA) is 20.2 Å². The molecule has 1 nitrogen and oxygen atoms in total. The third-order valence-corrected chi connectivity index (χ3v) is 8.96. The molecule has 0 saturated heterocycles. The normalized spacial score (nSPS) is 23.9. The van der Waals surface area contributed by atoms with Crippen LogP contribution in [0.25, 0.3) is 0 Å². The molecule has 0 aliphatic heterocycles. The van der Waals surface area contributed by atoms with E-state index in [1.54, 1.807) is 0 Å². The van der Waals surface area contributed by atoms with Gasteiger partial charge in [0.25, 0.3) is 0 Å². The minimum absolute atomic E-state index is 0.0525. The number of hydrogen-bond donors (Lipinski definition) is 1. The van der Waals surface area contributed by atoms with Gasteiger partial charge in [0, 0.05) is 5.04 Å². The summed E-state index contributed by atoms with van der Waals surface area (Å²) in [5.41, 5.74) is 0. The highest BCUT2D eigenvalue weighted by molar-refractivity contribution is 6.92. The van der Waals surface area contributed by atoms with Gasteiger partial charge < -0.3 is 5.11 Å². The van der Waals surface area contributed by atoms with Gasteiger partial charge in [-0.05, 0) is 6.42 Å². The summed E-state index contributed by atoms with van der Waals surface area (Å²) >= 11 is 0. The maximum atomic E-state index is 9.89. The summed E-state index contributed by atoms with van der Waals surface area (Å²) in [6, 6.07) is 10.6. The van der Waals surface area contributed by atoms with Crippen molar-refractivity contribution in [1.29, 1.82) is 0 Å². The second-order valence-electron chi connectivity index (χ2n) is 5.30. The van der Waals surface area contributed by atoms with Crippen LogP contribution in [-0.4, -0.2) is 19.8 Å². The van der Waals surface area contributed by atoms with E-state index in [9.17, 15) is 5.11 Å². The van der Waals surface area contributed by atoms with Gasteiger partial charge in [0.1, 0.15) is 0 Å². The fourth-order valence-electron chi connectivity index (χ4n) is 2.59. The van der Waals surface area contributed by atoms with Crippen molar-refractivity contribution in [3.63, 3.8) is 0 Å². The van der Waals surface area contributed by atoms with Crippen LogP contribution in [-0.2, 0) is 0 Å². The Bertz CT molecular complexity index is 433. The lowest BCUT2D eigenvalue weighted by molar-refractivity contribution is 0.256. The molecular weight excluding hydrogens is 224 g/mol. The molecule has 0 heterocycles. The van der Waals surface area contributed by atoms with E-state index in [1.807, 2.05) is 0 Å². The number of aliphatic hydroxyl groups excluding tert-OH is 1. The van der Waals surface area contributed by atoms with Crippen LogP contribution < -0.4 is 5.19 Å². The van der Waals surface area contributed by atoms with Crippen LogP contribution in [0.1, 0.15) is 6.42 Å². The maximum Gasteiger partial charge on any atom is 0.0936 e. The SMILES string of the molecule is C[Si](C)(c1ccccc1)C1(CO)C=CC=CC1. The molecule has 1 N–H and O–H groups in total. The summed E-state index contributed by atoms with van der Waals surface area (Å²) in [4.78, 5) is 0. The minimum Gasteiger partial charge on any atom is -0.396 e. The predicted molar refractivity (Wildman–Crippen MR) is 76.2 cm³/mol. The van der Waals surface area contributed by atoms with Gasteiger partial charge in [0.05, 0.1) is 14.7 Å². The number of allylic oxidation sites excluding steroid dienone is 3. The van der Waals surface area contributed by atoms with Crippen molar-refractivity contribution >= 4 is 13.3 Å². The maximum absolute atomic E-state index is 9.89. The predicted octanol–water partition coefficient (Wildman–Crippen LogP) is 2.85. The first-order valence-corrected chi connectivity index (χ1v) is 9.13. The second kappa shape index (κ2) is 4.63. The molecular formula is C15H20OSi. The molecule has 2 rings (SSSR count). The van der Waals surface area contributed by atoms with Crippen LogP contribution in [0, 0.1) is 0 Å². The van der Waals surface area contributed by atoms with Gasteiger partial charge in [-0.1, -0.05) is 72.9 Å². The van der Waals surface area contributed by atoms with Crippen LogP contribution in [0.3, 0.4) is 0 Å². The molecule has 1 aromatic carbocycles. The monoisotopic (exact) mass is 244 g/mol. The summed E-state index contributed by atoms with van der Waals surface area (Å²) in [6.45, 7) is 4.94. The van der Waals surface area contributed by atoms with E-state index >= 15 is 0 Å². The third kappa shape index (κ3) is 2.03. The summed E-state index contributed by atoms with van der Waals surface area (Å²) in [6.07, 6.45) is 9.50. The van der Waals surface area contributed by atoms with Crippen LogP contribution in [0.4, 0.5) is 0 Å². The molecule has 1 atom stereocenters. The molecule has 1 aliphatic rings. The van der Waals surface area contributed by atoms with E-state index < -0.39 is 8.07 Å². The Balaban J connectivity index is 2.43. The fourth-order valence-corrected chi connectivity index (χ4v) is 5.72. The average molecular weight is 244 g/mol.